The van der Waals surface area contributed by atoms with Gasteiger partial charge in [0.15, 0.2) is 6.10 Å². The number of ether oxygens (including phenoxy) is 1. The molecule has 1 heterocycles. The Morgan fingerprint density at radius 3 is 3.00 bits per heavy atom. The quantitative estimate of drug-likeness (QED) is 0.644. The third-order valence-corrected chi connectivity index (χ3v) is 3.28. The number of carbonyl (C=O) groups excluding carboxylic acids is 1. The van der Waals surface area contributed by atoms with Crippen LogP contribution in [0.2, 0.25) is 0 Å². The highest BCUT2D eigenvalue weighted by molar-refractivity contribution is 5.80. The van der Waals surface area contributed by atoms with Crippen molar-refractivity contribution in [2.45, 2.75) is 6.10 Å². The Hall–Kier alpha value is -2.59. The van der Waals surface area contributed by atoms with Crippen LogP contribution in [0.5, 0.6) is 0 Å². The van der Waals surface area contributed by atoms with Crippen molar-refractivity contribution in [1.29, 1.82) is 5.26 Å². The molecule has 0 aliphatic carbocycles. The Bertz CT molecular complexity index is 621. The van der Waals surface area contributed by atoms with Crippen LogP contribution in [0, 0.1) is 11.3 Å². The van der Waals surface area contributed by atoms with Crippen molar-refractivity contribution in [3.63, 3.8) is 0 Å². The van der Waals surface area contributed by atoms with Gasteiger partial charge in [-0.2, -0.15) is 5.26 Å². The molecular formula is C15H19N5O2. The first-order valence-corrected chi connectivity index (χ1v) is 6.92. The molecule has 1 atom stereocenters. The summed E-state index contributed by atoms with van der Waals surface area (Å²) in [6, 6.07) is 7.60. The standard InChI is InChI=1S/C15H19N5O2/c1-19(2)10-18-13-4-3-12(7-11(13)8-16)20-5-6-22-14(9-20)15(17)21/h3-4,7,10,14H,5-6,9H2,1-2H3,(H2,17,21)/b18-10+. The number of nitrogens with zero attached hydrogens (tertiary/aromatic N) is 4. The predicted molar refractivity (Wildman–Crippen MR) is 84.1 cm³/mol. The molecule has 7 heteroatoms. The van der Waals surface area contributed by atoms with E-state index in [2.05, 4.69) is 11.1 Å². The summed E-state index contributed by atoms with van der Waals surface area (Å²) in [5.74, 6) is -0.475. The number of nitrogens with two attached hydrogens (primary N) is 1. The lowest BCUT2D eigenvalue weighted by molar-refractivity contribution is -0.130. The monoisotopic (exact) mass is 301 g/mol. The maximum atomic E-state index is 11.3. The van der Waals surface area contributed by atoms with Gasteiger partial charge in [-0.25, -0.2) is 4.99 Å². The van der Waals surface area contributed by atoms with Gasteiger partial charge in [0.05, 0.1) is 30.7 Å². The average molecular weight is 301 g/mol. The Kier molecular flexibility index (Phi) is 4.96. The fourth-order valence-electron chi connectivity index (χ4n) is 2.16. The van der Waals surface area contributed by atoms with E-state index in [4.69, 9.17) is 10.5 Å². The van der Waals surface area contributed by atoms with Gasteiger partial charge >= 0.3 is 0 Å². The highest BCUT2D eigenvalue weighted by Crippen LogP contribution is 2.26. The Balaban J connectivity index is 2.22. The highest BCUT2D eigenvalue weighted by atomic mass is 16.5. The van der Waals surface area contributed by atoms with Crippen LogP contribution in [0.1, 0.15) is 5.56 Å². The van der Waals surface area contributed by atoms with Crippen LogP contribution < -0.4 is 10.6 Å². The van der Waals surface area contributed by atoms with Crippen molar-refractivity contribution in [1.82, 2.24) is 4.90 Å². The number of primary amides is 1. The molecule has 0 bridgehead atoms. The smallest absolute Gasteiger partial charge is 0.248 e. The van der Waals surface area contributed by atoms with E-state index in [9.17, 15) is 10.1 Å². The molecule has 1 saturated heterocycles. The number of morpholine rings is 1. The molecule has 1 aromatic carbocycles. The Morgan fingerprint density at radius 1 is 1.59 bits per heavy atom. The van der Waals surface area contributed by atoms with Crippen LogP contribution >= 0.6 is 0 Å². The summed E-state index contributed by atoms with van der Waals surface area (Å²) in [6.45, 7) is 1.46. The number of anilines is 1. The fraction of sp³-hybridized carbons (Fsp3) is 0.400. The second kappa shape index (κ2) is 6.91. The van der Waals surface area contributed by atoms with Gasteiger partial charge in [0, 0.05) is 26.3 Å². The number of amides is 1. The maximum Gasteiger partial charge on any atom is 0.248 e. The van der Waals surface area contributed by atoms with E-state index >= 15 is 0 Å². The highest BCUT2D eigenvalue weighted by Gasteiger charge is 2.25. The predicted octanol–water partition coefficient (Wildman–Crippen LogP) is 0.470. The molecule has 0 aromatic heterocycles. The van der Waals surface area contributed by atoms with Gasteiger partial charge in [0.2, 0.25) is 5.91 Å². The van der Waals surface area contributed by atoms with Crippen LogP contribution in [-0.2, 0) is 9.53 Å². The lowest BCUT2D eigenvalue weighted by Crippen LogP contribution is -2.48. The number of benzene rings is 1. The van der Waals surface area contributed by atoms with Crippen molar-refractivity contribution in [2.75, 3.05) is 38.7 Å². The van der Waals surface area contributed by atoms with Gasteiger partial charge in [0.25, 0.3) is 0 Å². The molecule has 0 spiro atoms. The normalized spacial score (nSPS) is 18.2. The summed E-state index contributed by atoms with van der Waals surface area (Å²) >= 11 is 0. The van der Waals surface area contributed by atoms with E-state index in [0.717, 1.165) is 5.69 Å². The van der Waals surface area contributed by atoms with Crippen LogP contribution in [0.15, 0.2) is 23.2 Å². The van der Waals surface area contributed by atoms with E-state index < -0.39 is 12.0 Å². The summed E-state index contributed by atoms with van der Waals surface area (Å²) in [4.78, 5) is 19.3. The van der Waals surface area contributed by atoms with E-state index in [1.54, 1.807) is 23.4 Å². The second-order valence-electron chi connectivity index (χ2n) is 5.23. The van der Waals surface area contributed by atoms with Crippen molar-refractivity contribution in [3.05, 3.63) is 23.8 Å². The van der Waals surface area contributed by atoms with E-state index in [1.807, 2.05) is 25.1 Å². The molecule has 7 nitrogen and oxygen atoms in total. The summed E-state index contributed by atoms with van der Waals surface area (Å²) in [5.41, 5.74) is 7.24. The molecule has 1 aliphatic rings. The second-order valence-corrected chi connectivity index (χ2v) is 5.23. The largest absolute Gasteiger partial charge is 0.369 e. The summed E-state index contributed by atoms with van der Waals surface area (Å²) in [6.07, 6.45) is 1.03. The number of hydrogen-bond donors (Lipinski definition) is 1. The Labute approximate surface area is 129 Å². The van der Waals surface area contributed by atoms with Crippen molar-refractivity contribution in [3.8, 4) is 6.07 Å². The van der Waals surface area contributed by atoms with Gasteiger partial charge < -0.3 is 20.3 Å². The zero-order chi connectivity index (χ0) is 16.1. The zero-order valence-corrected chi connectivity index (χ0v) is 12.7. The third kappa shape index (κ3) is 3.74. The first-order chi connectivity index (χ1) is 10.5. The van der Waals surface area contributed by atoms with E-state index in [0.29, 0.717) is 30.9 Å². The molecule has 1 aliphatic heterocycles. The minimum atomic E-state index is -0.620. The molecule has 2 rings (SSSR count). The SMILES string of the molecule is CN(C)/C=N/c1ccc(N2CCOC(C(N)=O)C2)cc1C#N. The first-order valence-electron chi connectivity index (χ1n) is 6.92. The number of aliphatic imine (C=N–C) groups is 1. The minimum absolute atomic E-state index is 0.389. The molecule has 1 aromatic rings. The minimum Gasteiger partial charge on any atom is -0.369 e. The lowest BCUT2D eigenvalue weighted by Gasteiger charge is -2.33. The molecule has 1 fully saturated rings. The van der Waals surface area contributed by atoms with Crippen LogP contribution in [0.4, 0.5) is 11.4 Å². The molecule has 1 amide bonds. The van der Waals surface area contributed by atoms with Crippen LogP contribution in [0.3, 0.4) is 0 Å². The van der Waals surface area contributed by atoms with Gasteiger partial charge in [-0.1, -0.05) is 0 Å². The molecule has 0 radical (unpaired) electrons. The lowest BCUT2D eigenvalue weighted by atomic mass is 10.1. The third-order valence-electron chi connectivity index (χ3n) is 3.28. The first kappa shape index (κ1) is 15.8. The van der Waals surface area contributed by atoms with Gasteiger partial charge in [0.1, 0.15) is 6.07 Å². The Morgan fingerprint density at radius 2 is 2.36 bits per heavy atom. The molecule has 22 heavy (non-hydrogen) atoms. The molecular weight excluding hydrogens is 282 g/mol. The van der Waals surface area contributed by atoms with Gasteiger partial charge in [-0.15, -0.1) is 0 Å². The van der Waals surface area contributed by atoms with E-state index in [-0.39, 0.29) is 0 Å². The van der Waals surface area contributed by atoms with Crippen LogP contribution in [-0.4, -0.2) is 57.0 Å². The average Bonchev–Trinajstić information content (AvgIpc) is 2.52. The van der Waals surface area contributed by atoms with Crippen molar-refractivity contribution >= 4 is 23.6 Å². The number of nitriles is 1. The number of hydrogen-bond acceptors (Lipinski definition) is 5. The van der Waals surface area contributed by atoms with Gasteiger partial charge in [-0.3, -0.25) is 4.79 Å². The summed E-state index contributed by atoms with van der Waals surface area (Å²) in [7, 11) is 3.73. The van der Waals surface area contributed by atoms with Crippen molar-refractivity contribution < 1.29 is 9.53 Å². The molecule has 0 saturated carbocycles. The van der Waals surface area contributed by atoms with Gasteiger partial charge in [-0.05, 0) is 18.2 Å². The maximum absolute atomic E-state index is 11.3. The zero-order valence-electron chi connectivity index (χ0n) is 12.7. The topological polar surface area (TPSA) is 94.9 Å². The van der Waals surface area contributed by atoms with E-state index in [1.165, 1.54) is 0 Å². The molecule has 116 valence electrons. The summed E-state index contributed by atoms with van der Waals surface area (Å²) in [5, 5.41) is 9.29. The summed E-state index contributed by atoms with van der Waals surface area (Å²) < 4.78 is 5.33. The van der Waals surface area contributed by atoms with Crippen molar-refractivity contribution in [2.24, 2.45) is 10.7 Å². The molecule has 2 N–H and O–H groups in total. The molecule has 1 unspecified atom stereocenters. The fourth-order valence-corrected chi connectivity index (χ4v) is 2.16. The number of rotatable bonds is 4. The van der Waals surface area contributed by atoms with Crippen LogP contribution in [0.25, 0.3) is 0 Å². The number of carbonyl (C=O) groups is 1.